The zero-order chi connectivity index (χ0) is 19.6. The maximum atomic E-state index is 12.1. The summed E-state index contributed by atoms with van der Waals surface area (Å²) >= 11 is 1.26. The lowest BCUT2D eigenvalue weighted by Crippen LogP contribution is -2.30. The molecule has 0 heterocycles. The first-order valence-corrected chi connectivity index (χ1v) is 9.75. The summed E-state index contributed by atoms with van der Waals surface area (Å²) in [6.45, 7) is 3.88. The van der Waals surface area contributed by atoms with Gasteiger partial charge in [0.25, 0.3) is 0 Å². The molecule has 0 aliphatic carbocycles. The van der Waals surface area contributed by atoms with Gasteiger partial charge in [0, 0.05) is 17.4 Å². The Labute approximate surface area is 165 Å². The molecule has 5 nitrogen and oxygen atoms in total. The standard InChI is InChI=1S/C21H26N2O3S/c1-15(2)22-20(24)12-10-17-9-11-18(14-19(17)26-3)27-23-21(25)13-16-7-5-4-6-8-16/h4-9,11,14-15H,10,12-13H2,1-3H3,(H,22,24)(H,23,25). The Hall–Kier alpha value is -2.47. The maximum absolute atomic E-state index is 12.1. The van der Waals surface area contributed by atoms with Crippen LogP contribution in [0.4, 0.5) is 0 Å². The van der Waals surface area contributed by atoms with Crippen molar-refractivity contribution < 1.29 is 14.3 Å². The van der Waals surface area contributed by atoms with Crippen LogP contribution in [0.3, 0.4) is 0 Å². The topological polar surface area (TPSA) is 67.4 Å². The number of hydrogen-bond donors (Lipinski definition) is 2. The van der Waals surface area contributed by atoms with E-state index in [0.29, 0.717) is 19.3 Å². The van der Waals surface area contributed by atoms with Crippen molar-refractivity contribution in [3.05, 3.63) is 59.7 Å². The highest BCUT2D eigenvalue weighted by Crippen LogP contribution is 2.26. The monoisotopic (exact) mass is 386 g/mol. The van der Waals surface area contributed by atoms with E-state index in [2.05, 4.69) is 10.0 Å². The lowest BCUT2D eigenvalue weighted by molar-refractivity contribution is -0.121. The minimum atomic E-state index is -0.0559. The zero-order valence-electron chi connectivity index (χ0n) is 16.0. The van der Waals surface area contributed by atoms with Gasteiger partial charge >= 0.3 is 0 Å². The molecule has 0 saturated heterocycles. The Kier molecular flexibility index (Phi) is 8.20. The summed E-state index contributed by atoms with van der Waals surface area (Å²) in [6, 6.07) is 15.5. The van der Waals surface area contributed by atoms with Crippen LogP contribution in [0.5, 0.6) is 5.75 Å². The molecular formula is C21H26N2O3S. The first-order chi connectivity index (χ1) is 13.0. The minimum absolute atomic E-state index is 0.0266. The molecule has 144 valence electrons. The fraction of sp³-hybridized carbons (Fsp3) is 0.333. The third kappa shape index (κ3) is 7.35. The smallest absolute Gasteiger partial charge is 0.234 e. The van der Waals surface area contributed by atoms with Gasteiger partial charge in [-0.25, -0.2) is 0 Å². The predicted molar refractivity (Wildman–Crippen MR) is 109 cm³/mol. The highest BCUT2D eigenvalue weighted by Gasteiger charge is 2.10. The van der Waals surface area contributed by atoms with E-state index >= 15 is 0 Å². The summed E-state index contributed by atoms with van der Waals surface area (Å²) in [7, 11) is 1.61. The van der Waals surface area contributed by atoms with Crippen molar-refractivity contribution in [1.82, 2.24) is 10.0 Å². The van der Waals surface area contributed by atoms with Crippen LogP contribution in [0, 0.1) is 0 Å². The first kappa shape index (κ1) is 20.8. The molecular weight excluding hydrogens is 360 g/mol. The van der Waals surface area contributed by atoms with Gasteiger partial charge in [-0.2, -0.15) is 0 Å². The number of amides is 2. The fourth-order valence-corrected chi connectivity index (χ4v) is 3.18. The minimum Gasteiger partial charge on any atom is -0.496 e. The second-order valence-electron chi connectivity index (χ2n) is 6.49. The van der Waals surface area contributed by atoms with Crippen molar-refractivity contribution >= 4 is 23.8 Å². The van der Waals surface area contributed by atoms with Gasteiger partial charge in [-0.1, -0.05) is 36.4 Å². The molecule has 0 spiro atoms. The lowest BCUT2D eigenvalue weighted by atomic mass is 10.1. The van der Waals surface area contributed by atoms with E-state index in [0.717, 1.165) is 21.8 Å². The average molecular weight is 387 g/mol. The third-order valence-corrected chi connectivity index (χ3v) is 4.64. The van der Waals surface area contributed by atoms with Crippen molar-refractivity contribution in [2.24, 2.45) is 0 Å². The number of aryl methyl sites for hydroxylation is 1. The molecule has 0 saturated carbocycles. The SMILES string of the molecule is COc1cc(SNC(=O)Cc2ccccc2)ccc1CCC(=O)NC(C)C. The van der Waals surface area contributed by atoms with Crippen LogP contribution in [0.25, 0.3) is 0 Å². The molecule has 6 heteroatoms. The van der Waals surface area contributed by atoms with Crippen molar-refractivity contribution in [2.75, 3.05) is 7.11 Å². The van der Waals surface area contributed by atoms with Crippen LogP contribution < -0.4 is 14.8 Å². The quantitative estimate of drug-likeness (QED) is 0.647. The predicted octanol–water partition coefficient (Wildman–Crippen LogP) is 3.52. The highest BCUT2D eigenvalue weighted by atomic mass is 32.2. The van der Waals surface area contributed by atoms with Crippen molar-refractivity contribution in [1.29, 1.82) is 0 Å². The van der Waals surface area contributed by atoms with E-state index in [1.165, 1.54) is 11.9 Å². The van der Waals surface area contributed by atoms with E-state index < -0.39 is 0 Å². The van der Waals surface area contributed by atoms with Gasteiger partial charge in [-0.3, -0.25) is 14.3 Å². The highest BCUT2D eigenvalue weighted by molar-refractivity contribution is 7.98. The summed E-state index contributed by atoms with van der Waals surface area (Å²) < 4.78 is 8.29. The summed E-state index contributed by atoms with van der Waals surface area (Å²) in [6.07, 6.45) is 1.36. The van der Waals surface area contributed by atoms with Crippen molar-refractivity contribution in [2.45, 2.75) is 44.0 Å². The van der Waals surface area contributed by atoms with Gasteiger partial charge in [0.05, 0.1) is 13.5 Å². The number of rotatable bonds is 9. The Morgan fingerprint density at radius 2 is 1.81 bits per heavy atom. The molecule has 0 radical (unpaired) electrons. The number of carbonyl (C=O) groups excluding carboxylic acids is 2. The van der Waals surface area contributed by atoms with E-state index in [1.54, 1.807) is 7.11 Å². The van der Waals surface area contributed by atoms with Crippen LogP contribution >= 0.6 is 11.9 Å². The Morgan fingerprint density at radius 1 is 1.07 bits per heavy atom. The number of benzene rings is 2. The molecule has 2 rings (SSSR count). The second kappa shape index (κ2) is 10.6. The van der Waals surface area contributed by atoms with Gasteiger partial charge in [0.15, 0.2) is 0 Å². The van der Waals surface area contributed by atoms with Crippen LogP contribution in [0.15, 0.2) is 53.4 Å². The molecule has 0 fully saturated rings. The van der Waals surface area contributed by atoms with Crippen LogP contribution in [0.2, 0.25) is 0 Å². The number of hydrogen-bond acceptors (Lipinski definition) is 4. The molecule has 0 unspecified atom stereocenters. The van der Waals surface area contributed by atoms with Crippen LogP contribution in [0.1, 0.15) is 31.4 Å². The van der Waals surface area contributed by atoms with Crippen molar-refractivity contribution in [3.63, 3.8) is 0 Å². The van der Waals surface area contributed by atoms with Gasteiger partial charge in [0.2, 0.25) is 11.8 Å². The molecule has 2 N–H and O–H groups in total. The molecule has 2 aromatic rings. The van der Waals surface area contributed by atoms with E-state index in [9.17, 15) is 9.59 Å². The van der Waals surface area contributed by atoms with Crippen molar-refractivity contribution in [3.8, 4) is 5.75 Å². The molecule has 2 amide bonds. The summed E-state index contributed by atoms with van der Waals surface area (Å²) in [5.74, 6) is 0.688. The number of carbonyl (C=O) groups is 2. The van der Waals surface area contributed by atoms with Gasteiger partial charge in [0.1, 0.15) is 5.75 Å². The molecule has 27 heavy (non-hydrogen) atoms. The number of methoxy groups -OCH3 is 1. The molecule has 0 bridgehead atoms. The molecule has 0 aromatic heterocycles. The first-order valence-electron chi connectivity index (χ1n) is 8.94. The molecule has 0 atom stereocenters. The van der Waals surface area contributed by atoms with Gasteiger partial charge < -0.3 is 10.1 Å². The van der Waals surface area contributed by atoms with Gasteiger partial charge in [-0.15, -0.1) is 0 Å². The van der Waals surface area contributed by atoms with E-state index in [1.807, 2.05) is 62.4 Å². The third-order valence-electron chi connectivity index (χ3n) is 3.82. The summed E-state index contributed by atoms with van der Waals surface area (Å²) in [4.78, 5) is 24.8. The number of ether oxygens (including phenoxy) is 1. The van der Waals surface area contributed by atoms with E-state index in [-0.39, 0.29) is 17.9 Å². The van der Waals surface area contributed by atoms with E-state index in [4.69, 9.17) is 4.74 Å². The largest absolute Gasteiger partial charge is 0.496 e. The summed E-state index contributed by atoms with van der Waals surface area (Å²) in [5, 5.41) is 2.88. The zero-order valence-corrected chi connectivity index (χ0v) is 16.8. The Balaban J connectivity index is 1.89. The lowest BCUT2D eigenvalue weighted by Gasteiger charge is -2.12. The molecule has 2 aromatic carbocycles. The summed E-state index contributed by atoms with van der Waals surface area (Å²) in [5.41, 5.74) is 1.94. The normalized spacial score (nSPS) is 10.5. The number of nitrogens with one attached hydrogen (secondary N) is 2. The Morgan fingerprint density at radius 3 is 2.48 bits per heavy atom. The molecule has 0 aliphatic heterocycles. The second-order valence-corrected chi connectivity index (χ2v) is 7.37. The molecule has 0 aliphatic rings. The van der Waals surface area contributed by atoms with Crippen LogP contribution in [-0.2, 0) is 22.4 Å². The van der Waals surface area contributed by atoms with Crippen LogP contribution in [-0.4, -0.2) is 25.0 Å². The maximum Gasteiger partial charge on any atom is 0.234 e. The van der Waals surface area contributed by atoms with Gasteiger partial charge in [-0.05, 0) is 55.5 Å². The Bertz CT molecular complexity index is 763. The average Bonchev–Trinajstić information content (AvgIpc) is 2.65. The fourth-order valence-electron chi connectivity index (χ4n) is 2.57.